The molecule has 5 rings (SSSR count). The zero-order valence-corrected chi connectivity index (χ0v) is 14.7. The van der Waals surface area contributed by atoms with E-state index in [9.17, 15) is 9.90 Å². The summed E-state index contributed by atoms with van der Waals surface area (Å²) in [4.78, 5) is 18.9. The number of rotatable bonds is 2. The van der Waals surface area contributed by atoms with Crippen LogP contribution in [0.5, 0.6) is 0 Å². The summed E-state index contributed by atoms with van der Waals surface area (Å²) in [5.74, 6) is -0.416. The molecule has 1 aromatic heterocycles. The Labute approximate surface area is 147 Å². The van der Waals surface area contributed by atoms with Crippen LogP contribution in [0.25, 0.3) is 10.9 Å². The Morgan fingerprint density at radius 3 is 2.96 bits per heavy atom. The number of nitrogens with zero attached hydrogens (tertiary/aromatic N) is 1. The number of nitrogens with one attached hydrogen (secondary N) is 1. The van der Waals surface area contributed by atoms with Gasteiger partial charge < -0.3 is 14.8 Å². The number of piperidine rings is 1. The maximum Gasteiger partial charge on any atom is 0.320 e. The molecular weight excluding hydrogens is 316 g/mol. The van der Waals surface area contributed by atoms with Gasteiger partial charge in [0.05, 0.1) is 13.7 Å². The van der Waals surface area contributed by atoms with E-state index in [1.54, 1.807) is 0 Å². The molecule has 25 heavy (non-hydrogen) atoms. The predicted octanol–water partition coefficient (Wildman–Crippen LogP) is 2.35. The van der Waals surface area contributed by atoms with E-state index in [2.05, 4.69) is 22.0 Å². The van der Waals surface area contributed by atoms with Crippen molar-refractivity contribution in [2.24, 2.45) is 5.92 Å². The summed E-state index contributed by atoms with van der Waals surface area (Å²) in [7, 11) is 1.41. The highest BCUT2D eigenvalue weighted by Gasteiger charge is 2.54. The molecule has 3 aliphatic rings. The Bertz CT molecular complexity index is 854. The molecule has 132 valence electrons. The van der Waals surface area contributed by atoms with Crippen molar-refractivity contribution in [2.75, 3.05) is 26.8 Å². The van der Waals surface area contributed by atoms with Crippen LogP contribution in [0.2, 0.25) is 0 Å². The summed E-state index contributed by atoms with van der Waals surface area (Å²) in [6.45, 7) is 4.27. The fraction of sp³-hybridized carbons (Fsp3) is 0.450. The Kier molecular flexibility index (Phi) is 3.93. The first-order valence-corrected chi connectivity index (χ1v) is 8.82. The van der Waals surface area contributed by atoms with E-state index >= 15 is 0 Å². The van der Waals surface area contributed by atoms with Crippen molar-refractivity contribution < 1.29 is 14.6 Å². The fourth-order valence-electron chi connectivity index (χ4n) is 4.76. The van der Waals surface area contributed by atoms with Gasteiger partial charge in [0.25, 0.3) is 0 Å². The number of aromatic nitrogens is 1. The highest BCUT2D eigenvalue weighted by Crippen LogP contribution is 2.47. The third-order valence-electron chi connectivity index (χ3n) is 5.99. The van der Waals surface area contributed by atoms with Crippen LogP contribution in [0.3, 0.4) is 0 Å². The molecule has 5 nitrogen and oxygen atoms in total. The highest BCUT2D eigenvalue weighted by molar-refractivity contribution is 5.91. The van der Waals surface area contributed by atoms with Gasteiger partial charge >= 0.3 is 5.97 Å². The van der Waals surface area contributed by atoms with E-state index in [4.69, 9.17) is 4.74 Å². The lowest BCUT2D eigenvalue weighted by Gasteiger charge is -2.46. The van der Waals surface area contributed by atoms with Gasteiger partial charge in [-0.15, -0.1) is 0 Å². The number of ether oxygens (including phenoxy) is 1. The molecule has 0 spiro atoms. The summed E-state index contributed by atoms with van der Waals surface area (Å²) in [5, 5.41) is 11.6. The molecule has 2 aromatic rings. The summed E-state index contributed by atoms with van der Waals surface area (Å²) >= 11 is 0. The van der Waals surface area contributed by atoms with Crippen LogP contribution in [0, 0.1) is 5.92 Å². The van der Waals surface area contributed by atoms with Crippen LogP contribution in [0.4, 0.5) is 0 Å². The van der Waals surface area contributed by atoms with Gasteiger partial charge in [0, 0.05) is 35.6 Å². The lowest BCUT2D eigenvalue weighted by atomic mass is 9.65. The second kappa shape index (κ2) is 6.00. The minimum atomic E-state index is -1.07. The first-order valence-electron chi connectivity index (χ1n) is 8.82. The molecule has 5 heteroatoms. The second-order valence-electron chi connectivity index (χ2n) is 7.06. The maximum absolute atomic E-state index is 13.0. The molecule has 3 aliphatic heterocycles. The summed E-state index contributed by atoms with van der Waals surface area (Å²) < 4.78 is 5.22. The molecule has 2 N–H and O–H groups in total. The van der Waals surface area contributed by atoms with Gasteiger partial charge in [-0.3, -0.25) is 9.69 Å². The number of aromatic amines is 1. The molecule has 1 fully saturated rings. The Hall–Kier alpha value is -2.11. The number of fused-ring (bicyclic) bond motifs is 3. The molecule has 1 aromatic carbocycles. The van der Waals surface area contributed by atoms with Gasteiger partial charge in [-0.25, -0.2) is 0 Å². The largest absolute Gasteiger partial charge is 0.468 e. The van der Waals surface area contributed by atoms with Crippen molar-refractivity contribution >= 4 is 16.9 Å². The number of carbonyl (C=O) groups is 1. The molecule has 4 heterocycles. The third kappa shape index (κ3) is 2.19. The van der Waals surface area contributed by atoms with Crippen molar-refractivity contribution in [1.29, 1.82) is 0 Å². The molecule has 1 saturated heterocycles. The first kappa shape index (κ1) is 16.4. The summed E-state index contributed by atoms with van der Waals surface area (Å²) in [5.41, 5.74) is 3.05. The van der Waals surface area contributed by atoms with Crippen molar-refractivity contribution in [2.45, 2.75) is 25.3 Å². The number of methoxy groups -OCH3 is 1. The molecule has 1 unspecified atom stereocenters. The highest BCUT2D eigenvalue weighted by atomic mass is 16.5. The van der Waals surface area contributed by atoms with Crippen LogP contribution in [-0.4, -0.2) is 47.8 Å². The van der Waals surface area contributed by atoms with E-state index < -0.39 is 5.41 Å². The Morgan fingerprint density at radius 1 is 1.44 bits per heavy atom. The van der Waals surface area contributed by atoms with Gasteiger partial charge in [-0.1, -0.05) is 29.8 Å². The van der Waals surface area contributed by atoms with Crippen molar-refractivity contribution in [3.05, 3.63) is 47.2 Å². The van der Waals surface area contributed by atoms with E-state index in [0.29, 0.717) is 0 Å². The number of allylic oxidation sites excluding steroid dienone is 1. The first-order chi connectivity index (χ1) is 12.2. The summed E-state index contributed by atoms with van der Waals surface area (Å²) in [6, 6.07) is 8.10. The molecule has 0 saturated carbocycles. The number of para-hydroxylation sites is 1. The van der Waals surface area contributed by atoms with E-state index in [1.165, 1.54) is 12.7 Å². The minimum Gasteiger partial charge on any atom is -0.468 e. The smallest absolute Gasteiger partial charge is 0.320 e. The van der Waals surface area contributed by atoms with Crippen molar-refractivity contribution in [3.63, 3.8) is 0 Å². The van der Waals surface area contributed by atoms with Gasteiger partial charge in [-0.2, -0.15) is 0 Å². The lowest BCUT2D eigenvalue weighted by molar-refractivity contribution is -0.152. The lowest BCUT2D eigenvalue weighted by Crippen LogP contribution is -2.54. The standard InChI is InChI=1S/C20H24N2O3/c1-3-13-10-22-9-8-16(13)20(12-23,19(24)25-2)18-15(11-22)14-6-4-5-7-17(14)21-18/h3-7,16,21,23H,8-12H2,1-2H3/b13-3-/t16-,20-/m0/s1. The van der Waals surface area contributed by atoms with E-state index in [1.807, 2.05) is 25.1 Å². The maximum atomic E-state index is 13.0. The summed E-state index contributed by atoms with van der Waals surface area (Å²) in [6.07, 6.45) is 2.93. The van der Waals surface area contributed by atoms with E-state index in [0.717, 1.165) is 48.2 Å². The second-order valence-corrected chi connectivity index (χ2v) is 7.06. The van der Waals surface area contributed by atoms with Crippen LogP contribution in [-0.2, 0) is 21.5 Å². The molecule has 2 bridgehead atoms. The number of esters is 1. The SMILES string of the molecule is C/C=C1/CN2CC[C@@H]1[C@](CO)(C(=O)OC)c1[nH]c3ccccc3c1C2. The average Bonchev–Trinajstić information content (AvgIpc) is 2.99. The number of hydrogen-bond donors (Lipinski definition) is 2. The van der Waals surface area contributed by atoms with Crippen molar-refractivity contribution in [3.8, 4) is 0 Å². The Morgan fingerprint density at radius 2 is 2.24 bits per heavy atom. The number of aliphatic hydroxyl groups is 1. The van der Waals surface area contributed by atoms with Gasteiger partial charge in [0.2, 0.25) is 0 Å². The number of hydrogen-bond acceptors (Lipinski definition) is 4. The molecule has 0 radical (unpaired) electrons. The molecule has 0 aliphatic carbocycles. The molecule has 0 amide bonds. The quantitative estimate of drug-likeness (QED) is 0.651. The zero-order valence-electron chi connectivity index (χ0n) is 14.7. The fourth-order valence-corrected chi connectivity index (χ4v) is 4.76. The topological polar surface area (TPSA) is 65.6 Å². The molecular formula is C20H24N2O3. The van der Waals surface area contributed by atoms with Crippen LogP contribution < -0.4 is 0 Å². The predicted molar refractivity (Wildman–Crippen MR) is 96.2 cm³/mol. The van der Waals surface area contributed by atoms with Gasteiger partial charge in [-0.05, 0) is 31.5 Å². The number of carbonyl (C=O) groups excluding carboxylic acids is 1. The monoisotopic (exact) mass is 340 g/mol. The zero-order chi connectivity index (χ0) is 17.6. The average molecular weight is 340 g/mol. The van der Waals surface area contributed by atoms with Crippen LogP contribution in [0.15, 0.2) is 35.9 Å². The van der Waals surface area contributed by atoms with E-state index in [-0.39, 0.29) is 18.5 Å². The Balaban J connectivity index is 2.06. The van der Waals surface area contributed by atoms with Gasteiger partial charge in [0.15, 0.2) is 0 Å². The number of benzene rings is 1. The van der Waals surface area contributed by atoms with Crippen LogP contribution in [0.1, 0.15) is 24.6 Å². The normalized spacial score (nSPS) is 30.1. The van der Waals surface area contributed by atoms with Crippen molar-refractivity contribution in [1.82, 2.24) is 9.88 Å². The minimum absolute atomic E-state index is 0.0571. The number of H-pyrrole nitrogens is 1. The van der Waals surface area contributed by atoms with Gasteiger partial charge in [0.1, 0.15) is 5.41 Å². The van der Waals surface area contributed by atoms with Crippen LogP contribution >= 0.6 is 0 Å². The third-order valence-corrected chi connectivity index (χ3v) is 5.99. The molecule has 3 atom stereocenters. The number of aliphatic hydroxyl groups excluding tert-OH is 1.